The van der Waals surface area contributed by atoms with Gasteiger partial charge in [-0.05, 0) is 41.4 Å². The molecule has 0 bridgehead atoms. The minimum atomic E-state index is -2.99. The molecule has 2 saturated heterocycles. The zero-order valence-electron chi connectivity index (χ0n) is 13.0. The zero-order valence-corrected chi connectivity index (χ0v) is 13.8. The fourth-order valence-electron chi connectivity index (χ4n) is 4.75. The molecule has 1 saturated carbocycles. The average Bonchev–Trinajstić information content (AvgIpc) is 2.85. The molecule has 132 valence electrons. The van der Waals surface area contributed by atoms with Crippen LogP contribution in [0.5, 0.6) is 0 Å². The number of ether oxygens (including phenoxy) is 1. The summed E-state index contributed by atoms with van der Waals surface area (Å²) >= 11 is 0. The molecule has 4 aliphatic rings. The molecule has 0 aromatic heterocycles. The Labute approximate surface area is 142 Å². The van der Waals surface area contributed by atoms with Crippen molar-refractivity contribution < 1.29 is 27.1 Å². The van der Waals surface area contributed by atoms with E-state index in [0.29, 0.717) is 17.7 Å². The monoisotopic (exact) mass is 366 g/mol. The Morgan fingerprint density at radius 1 is 1.28 bits per heavy atom. The van der Waals surface area contributed by atoms with Crippen LogP contribution in [0, 0.1) is 17.7 Å². The van der Waals surface area contributed by atoms with Crippen LogP contribution in [0.2, 0.25) is 0 Å². The minimum Gasteiger partial charge on any atom is -0.433 e. The summed E-state index contributed by atoms with van der Waals surface area (Å²) in [6, 6.07) is 2.45. The van der Waals surface area contributed by atoms with Gasteiger partial charge in [0.15, 0.2) is 9.84 Å². The maximum Gasteiger partial charge on any atom is 0.415 e. The number of nitrogens with zero attached hydrogens (tertiary/aromatic N) is 1. The summed E-state index contributed by atoms with van der Waals surface area (Å²) in [7, 11) is -2.99. The summed E-state index contributed by atoms with van der Waals surface area (Å²) in [6.45, 7) is 0. The van der Waals surface area contributed by atoms with Gasteiger partial charge in [-0.1, -0.05) is 6.07 Å². The third kappa shape index (κ3) is 1.98. The van der Waals surface area contributed by atoms with E-state index in [1.807, 2.05) is 0 Å². The van der Waals surface area contributed by atoms with Crippen molar-refractivity contribution in [3.05, 3.63) is 29.1 Å². The van der Waals surface area contributed by atoms with E-state index in [2.05, 4.69) is 0 Å². The van der Waals surface area contributed by atoms with Crippen molar-refractivity contribution in [3.63, 3.8) is 0 Å². The number of primary amides is 1. The molecular formula is C16H15FN2O5S. The molecule has 1 aromatic rings. The fourth-order valence-corrected chi connectivity index (χ4v) is 6.97. The van der Waals surface area contributed by atoms with Gasteiger partial charge in [-0.2, -0.15) is 0 Å². The molecule has 0 spiro atoms. The topological polar surface area (TPSA) is 107 Å². The van der Waals surface area contributed by atoms with Crippen LogP contribution in [0.15, 0.2) is 12.1 Å². The highest BCUT2D eigenvalue weighted by molar-refractivity contribution is 7.91. The van der Waals surface area contributed by atoms with Crippen LogP contribution in [0.25, 0.3) is 0 Å². The zero-order chi connectivity index (χ0) is 17.7. The standard InChI is InChI=1S/C16H15FN2O5S/c17-10-3-11-6(2-12-14(15(18)20)24-16(21)19(11)12)1-7(10)13-8-4-25(22,23)5-9(8)13/h1,3,8-9,12-14H,2,4-5H2,(H2,18,20)/t8?,9?,12-,13?,14+/m0/s1. The molecule has 1 aliphatic carbocycles. The van der Waals surface area contributed by atoms with Gasteiger partial charge in [-0.15, -0.1) is 0 Å². The van der Waals surface area contributed by atoms with Crippen molar-refractivity contribution in [2.45, 2.75) is 24.5 Å². The predicted molar refractivity (Wildman–Crippen MR) is 84.2 cm³/mol. The van der Waals surface area contributed by atoms with Crippen molar-refractivity contribution in [1.82, 2.24) is 0 Å². The van der Waals surface area contributed by atoms with Crippen LogP contribution in [0.1, 0.15) is 17.0 Å². The molecule has 5 rings (SSSR count). The Bertz CT molecular complexity index is 928. The first-order valence-electron chi connectivity index (χ1n) is 8.09. The number of anilines is 1. The van der Waals surface area contributed by atoms with Gasteiger partial charge in [0.25, 0.3) is 5.91 Å². The van der Waals surface area contributed by atoms with Gasteiger partial charge in [0, 0.05) is 0 Å². The van der Waals surface area contributed by atoms with Crippen LogP contribution in [0.3, 0.4) is 0 Å². The molecule has 2 amide bonds. The van der Waals surface area contributed by atoms with E-state index >= 15 is 0 Å². The van der Waals surface area contributed by atoms with Crippen molar-refractivity contribution in [1.29, 1.82) is 0 Å². The van der Waals surface area contributed by atoms with Gasteiger partial charge in [0.1, 0.15) is 5.82 Å². The highest BCUT2D eigenvalue weighted by atomic mass is 32.2. The molecule has 2 unspecified atom stereocenters. The fraction of sp³-hybridized carbons (Fsp3) is 0.500. The van der Waals surface area contributed by atoms with Gasteiger partial charge in [0.05, 0.1) is 23.2 Å². The maximum atomic E-state index is 14.7. The molecule has 3 heterocycles. The van der Waals surface area contributed by atoms with E-state index in [4.69, 9.17) is 10.5 Å². The van der Waals surface area contributed by atoms with Gasteiger partial charge in [-0.3, -0.25) is 9.69 Å². The summed E-state index contributed by atoms with van der Waals surface area (Å²) in [6.07, 6.45) is -1.38. The number of nitrogens with two attached hydrogens (primary N) is 1. The summed E-state index contributed by atoms with van der Waals surface area (Å²) in [5.41, 5.74) is 6.95. The van der Waals surface area contributed by atoms with E-state index in [1.54, 1.807) is 6.07 Å². The SMILES string of the molecule is NC(=O)[C@@H]1OC(=O)N2c3cc(F)c(C4C5CS(=O)(=O)CC54)cc3C[C@@H]12. The summed E-state index contributed by atoms with van der Waals surface area (Å²) < 4.78 is 42.8. The average molecular weight is 366 g/mol. The summed E-state index contributed by atoms with van der Waals surface area (Å²) in [4.78, 5) is 24.8. The Balaban J connectivity index is 1.49. The van der Waals surface area contributed by atoms with Crippen LogP contribution in [-0.2, 0) is 25.8 Å². The van der Waals surface area contributed by atoms with Crippen molar-refractivity contribution in [3.8, 4) is 0 Å². The number of amides is 2. The minimum absolute atomic E-state index is 0.0120. The quantitative estimate of drug-likeness (QED) is 0.811. The third-order valence-corrected chi connectivity index (χ3v) is 7.64. The number of carbonyl (C=O) groups excluding carboxylic acids is 2. The van der Waals surface area contributed by atoms with E-state index in [-0.39, 0.29) is 29.3 Å². The number of fused-ring (bicyclic) bond motifs is 4. The first kappa shape index (κ1) is 15.1. The van der Waals surface area contributed by atoms with E-state index < -0.39 is 39.8 Å². The van der Waals surface area contributed by atoms with Crippen LogP contribution < -0.4 is 10.6 Å². The smallest absolute Gasteiger partial charge is 0.415 e. The van der Waals surface area contributed by atoms with Crippen LogP contribution in [0.4, 0.5) is 14.9 Å². The largest absolute Gasteiger partial charge is 0.433 e. The molecule has 25 heavy (non-hydrogen) atoms. The molecule has 7 nitrogen and oxygen atoms in total. The second-order valence-corrected chi connectivity index (χ2v) is 9.43. The first-order valence-corrected chi connectivity index (χ1v) is 9.91. The van der Waals surface area contributed by atoms with E-state index in [1.165, 1.54) is 11.0 Å². The Kier molecular flexibility index (Phi) is 2.73. The van der Waals surface area contributed by atoms with Crippen molar-refractivity contribution >= 4 is 27.5 Å². The molecule has 0 radical (unpaired) electrons. The van der Waals surface area contributed by atoms with Gasteiger partial charge in [-0.25, -0.2) is 17.6 Å². The second kappa shape index (κ2) is 4.51. The highest BCUT2D eigenvalue weighted by Crippen LogP contribution is 2.60. The second-order valence-electron chi connectivity index (χ2n) is 7.28. The number of hydrogen-bond acceptors (Lipinski definition) is 5. The third-order valence-electron chi connectivity index (χ3n) is 5.86. The lowest BCUT2D eigenvalue weighted by Crippen LogP contribution is -2.41. The lowest BCUT2D eigenvalue weighted by molar-refractivity contribution is -0.125. The van der Waals surface area contributed by atoms with Crippen molar-refractivity contribution in [2.75, 3.05) is 16.4 Å². The first-order chi connectivity index (χ1) is 11.8. The normalized spacial score (nSPS) is 36.6. The summed E-state index contributed by atoms with van der Waals surface area (Å²) in [5, 5.41) is 0. The number of rotatable bonds is 2. The number of sulfone groups is 1. The Morgan fingerprint density at radius 2 is 1.96 bits per heavy atom. The lowest BCUT2D eigenvalue weighted by atomic mass is 10.00. The Morgan fingerprint density at radius 3 is 2.60 bits per heavy atom. The number of carbonyl (C=O) groups is 2. The predicted octanol–water partition coefficient (Wildman–Crippen LogP) is 0.319. The molecular weight excluding hydrogens is 351 g/mol. The van der Waals surface area contributed by atoms with E-state index in [0.717, 1.165) is 5.56 Å². The molecule has 1 aromatic carbocycles. The molecule has 3 fully saturated rings. The van der Waals surface area contributed by atoms with Crippen molar-refractivity contribution in [2.24, 2.45) is 17.6 Å². The van der Waals surface area contributed by atoms with E-state index in [9.17, 15) is 22.4 Å². The number of benzene rings is 1. The highest BCUT2D eigenvalue weighted by Gasteiger charge is 2.60. The number of hydrogen-bond donors (Lipinski definition) is 1. The maximum absolute atomic E-state index is 14.7. The molecule has 4 atom stereocenters. The van der Waals surface area contributed by atoms with Gasteiger partial charge >= 0.3 is 6.09 Å². The molecule has 3 aliphatic heterocycles. The van der Waals surface area contributed by atoms with Gasteiger partial charge < -0.3 is 10.5 Å². The number of cyclic esters (lactones) is 1. The van der Waals surface area contributed by atoms with Crippen LogP contribution >= 0.6 is 0 Å². The molecule has 2 N–H and O–H groups in total. The number of halogens is 1. The summed E-state index contributed by atoms with van der Waals surface area (Å²) in [5.74, 6) is -1.05. The van der Waals surface area contributed by atoms with Crippen LogP contribution in [-0.4, -0.2) is 44.1 Å². The van der Waals surface area contributed by atoms with Gasteiger partial charge in [0.2, 0.25) is 6.10 Å². The molecule has 9 heteroatoms. The lowest BCUT2D eigenvalue weighted by Gasteiger charge is -2.14. The Hall–Kier alpha value is -2.16.